The fraction of sp³-hybridized carbons (Fsp3) is 0.400. The van der Waals surface area contributed by atoms with Crippen LogP contribution < -0.4 is 4.74 Å². The SMILES string of the molecule is [2H]C([2H])([2H])c1cc(S(F)(F)(F)(F)F)cc2c1O[C@H](C(F)(F)F)C(C(=O)OC(CO[N+](=O)[O-])CO[N+](=O)[O-])=C2. The number of hydrogen-bond donors (Lipinski definition) is 0. The summed E-state index contributed by atoms with van der Waals surface area (Å²) in [4.78, 5) is 37.9. The van der Waals surface area contributed by atoms with Crippen molar-refractivity contribution in [1.29, 1.82) is 0 Å². The Kier molecular flexibility index (Phi) is 5.48. The molecule has 1 atom stereocenters. The van der Waals surface area contributed by atoms with Crippen molar-refractivity contribution in [3.05, 3.63) is 49.1 Å². The van der Waals surface area contributed by atoms with Crippen LogP contribution in [-0.4, -0.2) is 47.7 Å². The van der Waals surface area contributed by atoms with Crippen molar-refractivity contribution in [2.24, 2.45) is 0 Å². The van der Waals surface area contributed by atoms with Crippen LogP contribution in [0.3, 0.4) is 0 Å². The Balaban J connectivity index is 2.69. The summed E-state index contributed by atoms with van der Waals surface area (Å²) in [7, 11) is -10.6. The molecule has 0 radical (unpaired) electrons. The summed E-state index contributed by atoms with van der Waals surface area (Å²) in [6, 6.07) is -1.05. The smallest absolute Gasteiger partial charge is 0.430 e. The molecule has 198 valence electrons. The number of halogens is 8. The molecular formula is C15H12F8N2O9S. The molecule has 0 aromatic heterocycles. The van der Waals surface area contributed by atoms with Gasteiger partial charge in [-0.2, -0.15) is 13.2 Å². The zero-order valence-corrected chi connectivity index (χ0v) is 17.1. The fourth-order valence-electron chi connectivity index (χ4n) is 2.54. The van der Waals surface area contributed by atoms with Crippen molar-refractivity contribution in [2.75, 3.05) is 13.2 Å². The molecule has 20 heteroatoms. The average molecular weight is 551 g/mol. The molecule has 0 saturated heterocycles. The number of carbonyl (C=O) groups is 1. The van der Waals surface area contributed by atoms with Crippen molar-refractivity contribution < 1.29 is 70.8 Å². The lowest BCUT2D eigenvalue weighted by molar-refractivity contribution is -0.768. The number of esters is 1. The van der Waals surface area contributed by atoms with E-state index in [0.717, 1.165) is 0 Å². The molecule has 0 aliphatic carbocycles. The van der Waals surface area contributed by atoms with E-state index in [0.29, 0.717) is 0 Å². The van der Waals surface area contributed by atoms with Crippen molar-refractivity contribution >= 4 is 22.3 Å². The molecule has 0 spiro atoms. The second kappa shape index (κ2) is 8.27. The van der Waals surface area contributed by atoms with E-state index in [4.69, 9.17) is 4.11 Å². The number of carbonyl (C=O) groups excluding carboxylic acids is 1. The first-order valence-electron chi connectivity index (χ1n) is 9.93. The Morgan fingerprint density at radius 2 is 1.69 bits per heavy atom. The van der Waals surface area contributed by atoms with Crippen LogP contribution in [-0.2, 0) is 19.2 Å². The molecule has 2 rings (SSSR count). The van der Waals surface area contributed by atoms with E-state index in [-0.39, 0.29) is 6.08 Å². The van der Waals surface area contributed by atoms with Crippen molar-refractivity contribution in [2.45, 2.75) is 30.1 Å². The predicted octanol–water partition coefficient (Wildman–Crippen LogP) is 4.69. The van der Waals surface area contributed by atoms with Gasteiger partial charge in [-0.1, -0.05) is 19.4 Å². The number of benzene rings is 1. The molecule has 0 fully saturated rings. The van der Waals surface area contributed by atoms with E-state index < -0.39 is 104 Å². The topological polar surface area (TPSA) is 140 Å². The standard InChI is InChI=1S/C15H12F8N2O9S/c1-7-2-10(35(19,20,21,22)23)3-8-4-11(13(15(16,17)18)34-12(7)8)14(26)33-9(5-31-24(27)28)6-32-25(29)30/h2-4,9,13H,5-6H2,1H3/t13-/m0/s1/i1D3. The third kappa shape index (κ3) is 7.20. The molecule has 1 aliphatic heterocycles. The predicted molar refractivity (Wildman–Crippen MR) is 96.8 cm³/mol. The summed E-state index contributed by atoms with van der Waals surface area (Å²) in [6.07, 6.45) is -11.3. The molecule has 1 aliphatic rings. The van der Waals surface area contributed by atoms with Crippen LogP contribution in [0.15, 0.2) is 22.6 Å². The van der Waals surface area contributed by atoms with Crippen LogP contribution in [0.4, 0.5) is 32.6 Å². The molecule has 1 heterocycles. The van der Waals surface area contributed by atoms with Gasteiger partial charge in [0.1, 0.15) is 30.0 Å². The summed E-state index contributed by atoms with van der Waals surface area (Å²) in [6.45, 7) is -6.37. The highest BCUT2D eigenvalue weighted by atomic mass is 32.5. The molecular weight excluding hydrogens is 536 g/mol. The van der Waals surface area contributed by atoms with Crippen LogP contribution in [0.5, 0.6) is 5.75 Å². The second-order valence-corrected chi connectivity index (χ2v) is 8.97. The molecule has 1 aromatic carbocycles. The summed E-state index contributed by atoms with van der Waals surface area (Å²) in [5.41, 5.74) is -4.75. The number of fused-ring (bicyclic) bond motifs is 1. The zero-order valence-electron chi connectivity index (χ0n) is 19.3. The third-order valence-corrected chi connectivity index (χ3v) is 5.03. The van der Waals surface area contributed by atoms with E-state index in [1.807, 2.05) is 0 Å². The van der Waals surface area contributed by atoms with Gasteiger partial charge in [0.05, 0.1) is 5.57 Å². The largest absolute Gasteiger partial charge is 0.475 e. The Hall–Kier alpha value is -3.58. The van der Waals surface area contributed by atoms with Crippen molar-refractivity contribution in [3.63, 3.8) is 0 Å². The van der Waals surface area contributed by atoms with Gasteiger partial charge in [0.25, 0.3) is 10.2 Å². The van der Waals surface area contributed by atoms with Crippen molar-refractivity contribution in [1.82, 2.24) is 0 Å². The Morgan fingerprint density at radius 1 is 1.14 bits per heavy atom. The first kappa shape index (κ1) is 23.2. The number of nitrogens with zero attached hydrogens (tertiary/aromatic N) is 2. The highest BCUT2D eigenvalue weighted by Gasteiger charge is 2.65. The van der Waals surface area contributed by atoms with Crippen LogP contribution in [0.2, 0.25) is 0 Å². The minimum atomic E-state index is -10.6. The highest BCUT2D eigenvalue weighted by molar-refractivity contribution is 8.45. The number of hydrogen-bond acceptors (Lipinski definition) is 9. The lowest BCUT2D eigenvalue weighted by atomic mass is 9.99. The maximum Gasteiger partial charge on any atom is 0.430 e. The van der Waals surface area contributed by atoms with Gasteiger partial charge in [-0.25, -0.2) is 4.79 Å². The van der Waals surface area contributed by atoms with Gasteiger partial charge in [0, 0.05) is 9.68 Å². The van der Waals surface area contributed by atoms with Crippen molar-refractivity contribution in [3.8, 4) is 5.75 Å². The number of rotatable bonds is 9. The van der Waals surface area contributed by atoms with Crippen LogP contribution in [0.1, 0.15) is 15.2 Å². The van der Waals surface area contributed by atoms with E-state index in [9.17, 15) is 57.6 Å². The summed E-state index contributed by atoms with van der Waals surface area (Å²) >= 11 is 0. The molecule has 0 bridgehead atoms. The minimum Gasteiger partial charge on any atom is -0.475 e. The summed E-state index contributed by atoms with van der Waals surface area (Å²) < 4.78 is 139. The Bertz CT molecular complexity index is 1170. The monoisotopic (exact) mass is 551 g/mol. The van der Waals surface area contributed by atoms with Gasteiger partial charge in [-0.15, -0.1) is 20.2 Å². The highest BCUT2D eigenvalue weighted by Crippen LogP contribution is 3.02. The fourth-order valence-corrected chi connectivity index (χ4v) is 3.23. The van der Waals surface area contributed by atoms with Gasteiger partial charge < -0.3 is 19.1 Å². The van der Waals surface area contributed by atoms with Gasteiger partial charge in [-0.3, -0.25) is 0 Å². The number of ether oxygens (including phenoxy) is 2. The maximum absolute atomic E-state index is 13.7. The van der Waals surface area contributed by atoms with E-state index in [1.165, 1.54) is 0 Å². The summed E-state index contributed by atoms with van der Waals surface area (Å²) in [5.74, 6) is -3.59. The molecule has 35 heavy (non-hydrogen) atoms. The average Bonchev–Trinajstić information content (AvgIpc) is 2.70. The maximum atomic E-state index is 13.7. The lowest BCUT2D eigenvalue weighted by Gasteiger charge is -2.41. The van der Waals surface area contributed by atoms with Gasteiger partial charge in [0.15, 0.2) is 0 Å². The number of aryl methyl sites for hydroxylation is 1. The normalized spacial score (nSPS) is 19.4. The molecule has 0 saturated carbocycles. The van der Waals surface area contributed by atoms with Crippen LogP contribution >= 0.6 is 10.2 Å². The minimum absolute atomic E-state index is 0.0681. The Labute approximate surface area is 192 Å². The van der Waals surface area contributed by atoms with Gasteiger partial charge in [-0.05, 0) is 30.6 Å². The van der Waals surface area contributed by atoms with Gasteiger partial charge >= 0.3 is 22.4 Å². The van der Waals surface area contributed by atoms with E-state index in [1.54, 1.807) is 0 Å². The molecule has 1 aromatic rings. The quantitative estimate of drug-likeness (QED) is 0.185. The summed E-state index contributed by atoms with van der Waals surface area (Å²) in [5, 5.41) is 17.7. The van der Waals surface area contributed by atoms with E-state index >= 15 is 0 Å². The molecule has 0 N–H and O–H groups in total. The first-order valence-corrected chi connectivity index (χ1v) is 10.4. The second-order valence-electron chi connectivity index (χ2n) is 6.56. The molecule has 0 unspecified atom stereocenters. The lowest BCUT2D eigenvalue weighted by Crippen LogP contribution is -2.42. The first-order chi connectivity index (χ1) is 16.8. The van der Waals surface area contributed by atoms with Crippen LogP contribution in [0, 0.1) is 27.1 Å². The zero-order chi connectivity index (χ0) is 29.5. The number of alkyl halides is 3. The molecule has 11 nitrogen and oxygen atoms in total. The van der Waals surface area contributed by atoms with Crippen LogP contribution in [0.25, 0.3) is 6.08 Å². The molecule has 0 amide bonds. The van der Waals surface area contributed by atoms with E-state index in [2.05, 4.69) is 19.1 Å². The van der Waals surface area contributed by atoms with Gasteiger partial charge in [0.2, 0.25) is 6.10 Å². The Morgan fingerprint density at radius 3 is 2.11 bits per heavy atom. The third-order valence-electron chi connectivity index (χ3n) is 3.90.